The van der Waals surface area contributed by atoms with E-state index in [4.69, 9.17) is 14.7 Å². The van der Waals surface area contributed by atoms with E-state index in [9.17, 15) is 9.59 Å². The lowest BCUT2D eigenvalue weighted by atomic mass is 9.94. The van der Waals surface area contributed by atoms with Gasteiger partial charge in [-0.3, -0.25) is 14.5 Å². The molecule has 1 saturated carbocycles. The van der Waals surface area contributed by atoms with Gasteiger partial charge in [0.1, 0.15) is 17.5 Å². The minimum Gasteiger partial charge on any atom is -0.497 e. The van der Waals surface area contributed by atoms with Gasteiger partial charge in [-0.05, 0) is 62.6 Å². The van der Waals surface area contributed by atoms with E-state index in [0.717, 1.165) is 57.4 Å². The van der Waals surface area contributed by atoms with Gasteiger partial charge in [-0.1, -0.05) is 63.4 Å². The Balaban J connectivity index is 1.58. The Labute approximate surface area is 261 Å². The number of hydrogen-bond acceptors (Lipinski definition) is 7. The number of carbonyl (C=O) groups is 2. The van der Waals surface area contributed by atoms with Crippen LogP contribution in [0, 0.1) is 5.92 Å². The van der Waals surface area contributed by atoms with Crippen molar-refractivity contribution in [1.29, 1.82) is 0 Å². The van der Waals surface area contributed by atoms with Crippen LogP contribution in [0.5, 0.6) is 5.75 Å². The van der Waals surface area contributed by atoms with Crippen molar-refractivity contribution in [1.82, 2.24) is 20.2 Å². The summed E-state index contributed by atoms with van der Waals surface area (Å²) < 4.78 is 5.41. The maximum Gasteiger partial charge on any atom is 0.277 e. The first-order valence-electron chi connectivity index (χ1n) is 16.0. The van der Waals surface area contributed by atoms with Crippen LogP contribution in [0.4, 0.5) is 11.6 Å². The quantitative estimate of drug-likeness (QED) is 0.334. The van der Waals surface area contributed by atoms with Gasteiger partial charge >= 0.3 is 0 Å². The molecule has 0 bridgehead atoms. The van der Waals surface area contributed by atoms with E-state index in [-0.39, 0.29) is 29.5 Å². The fourth-order valence-electron chi connectivity index (χ4n) is 6.07. The van der Waals surface area contributed by atoms with Gasteiger partial charge in [0.05, 0.1) is 12.8 Å². The van der Waals surface area contributed by atoms with Gasteiger partial charge in [0, 0.05) is 43.5 Å². The predicted octanol–water partition coefficient (Wildman–Crippen LogP) is 5.41. The summed E-state index contributed by atoms with van der Waals surface area (Å²) in [7, 11) is 3.72. The van der Waals surface area contributed by atoms with Gasteiger partial charge in [-0.25, -0.2) is 9.97 Å². The van der Waals surface area contributed by atoms with Crippen molar-refractivity contribution in [3.8, 4) is 17.0 Å². The highest BCUT2D eigenvalue weighted by Gasteiger charge is 2.35. The lowest BCUT2D eigenvalue weighted by Gasteiger charge is -2.35. The van der Waals surface area contributed by atoms with Crippen LogP contribution >= 0.6 is 0 Å². The fourth-order valence-corrected chi connectivity index (χ4v) is 6.07. The molecule has 1 aliphatic carbocycles. The van der Waals surface area contributed by atoms with Crippen molar-refractivity contribution < 1.29 is 14.3 Å². The highest BCUT2D eigenvalue weighted by atomic mass is 16.5. The Hall–Kier alpha value is -3.98. The number of hydrogen-bond donors (Lipinski definition) is 1. The number of rotatable bonds is 10. The van der Waals surface area contributed by atoms with Crippen LogP contribution < -0.4 is 19.9 Å². The zero-order chi connectivity index (χ0) is 31.1. The highest BCUT2D eigenvalue weighted by Crippen LogP contribution is 2.29. The summed E-state index contributed by atoms with van der Waals surface area (Å²) in [5.41, 5.74) is 2.48. The molecule has 3 aromatic rings. The molecular weight excluding hydrogens is 552 g/mol. The zero-order valence-electron chi connectivity index (χ0n) is 26.5. The van der Waals surface area contributed by atoms with E-state index in [1.165, 1.54) is 6.42 Å². The van der Waals surface area contributed by atoms with Gasteiger partial charge in [-0.15, -0.1) is 0 Å². The fraction of sp³-hybridized carbons (Fsp3) is 0.486. The molecule has 2 aromatic carbocycles. The second-order valence-electron chi connectivity index (χ2n) is 12.5. The molecule has 1 atom stereocenters. The molecule has 0 radical (unpaired) electrons. The summed E-state index contributed by atoms with van der Waals surface area (Å²) in [6.07, 6.45) is 5.87. The highest BCUT2D eigenvalue weighted by molar-refractivity contribution is 6.09. The number of anilines is 2. The van der Waals surface area contributed by atoms with Crippen molar-refractivity contribution in [2.45, 2.75) is 64.5 Å². The van der Waals surface area contributed by atoms with E-state index in [2.05, 4.69) is 36.0 Å². The first kappa shape index (κ1) is 31.4. The van der Waals surface area contributed by atoms with Crippen molar-refractivity contribution in [2.75, 3.05) is 50.1 Å². The first-order valence-corrected chi connectivity index (χ1v) is 16.0. The third-order valence-corrected chi connectivity index (χ3v) is 8.62. The molecule has 1 aliphatic heterocycles. The zero-order valence-corrected chi connectivity index (χ0v) is 26.5. The molecule has 2 fully saturated rings. The number of likely N-dealkylation sites (N-methyl/N-ethyl adjacent to an activating group) is 1. The number of nitrogens with one attached hydrogen (secondary N) is 1. The Kier molecular flexibility index (Phi) is 10.5. The second kappa shape index (κ2) is 14.7. The summed E-state index contributed by atoms with van der Waals surface area (Å²) in [6.45, 7) is 7.48. The third-order valence-electron chi connectivity index (χ3n) is 8.62. The van der Waals surface area contributed by atoms with E-state index >= 15 is 0 Å². The van der Waals surface area contributed by atoms with Crippen molar-refractivity contribution in [3.63, 3.8) is 0 Å². The average Bonchev–Trinajstić information content (AvgIpc) is 3.05. The molecular formula is C35H46N6O3. The van der Waals surface area contributed by atoms with Crippen molar-refractivity contribution >= 4 is 23.5 Å². The van der Waals surface area contributed by atoms with E-state index in [0.29, 0.717) is 29.5 Å². The van der Waals surface area contributed by atoms with Crippen LogP contribution in [0.1, 0.15) is 62.9 Å². The molecule has 2 heterocycles. The van der Waals surface area contributed by atoms with Gasteiger partial charge in [0.25, 0.3) is 5.91 Å². The minimum absolute atomic E-state index is 0.119. The first-order chi connectivity index (χ1) is 21.3. The predicted molar refractivity (Wildman–Crippen MR) is 175 cm³/mol. The molecule has 44 heavy (non-hydrogen) atoms. The molecule has 2 aliphatic rings. The monoisotopic (exact) mass is 598 g/mol. The molecule has 1 aromatic heterocycles. The second-order valence-corrected chi connectivity index (χ2v) is 12.5. The van der Waals surface area contributed by atoms with Crippen LogP contribution in [0.3, 0.4) is 0 Å². The Morgan fingerprint density at radius 2 is 1.64 bits per heavy atom. The number of ether oxygens (including phenoxy) is 1. The molecule has 1 N–H and O–H groups in total. The van der Waals surface area contributed by atoms with Gasteiger partial charge < -0.3 is 19.9 Å². The summed E-state index contributed by atoms with van der Waals surface area (Å²) in [6, 6.07) is 18.4. The van der Waals surface area contributed by atoms with Crippen molar-refractivity contribution in [3.05, 3.63) is 66.4 Å². The number of methoxy groups -OCH3 is 1. The Morgan fingerprint density at radius 3 is 2.27 bits per heavy atom. The molecule has 2 amide bonds. The van der Waals surface area contributed by atoms with Crippen LogP contribution in [0.15, 0.2) is 60.7 Å². The van der Waals surface area contributed by atoms with Gasteiger partial charge in [0.15, 0.2) is 0 Å². The largest absolute Gasteiger partial charge is 0.497 e. The number of carbonyl (C=O) groups excluding carboxylic acids is 2. The Bertz CT molecular complexity index is 1380. The number of aromatic nitrogens is 2. The van der Waals surface area contributed by atoms with Crippen LogP contribution in [0.2, 0.25) is 0 Å². The molecule has 234 valence electrons. The molecule has 5 rings (SSSR count). The topological polar surface area (TPSA) is 90.9 Å². The normalized spacial score (nSPS) is 16.9. The molecule has 9 nitrogen and oxygen atoms in total. The van der Waals surface area contributed by atoms with E-state index < -0.39 is 6.04 Å². The van der Waals surface area contributed by atoms with Crippen molar-refractivity contribution in [2.24, 2.45) is 5.92 Å². The van der Waals surface area contributed by atoms with Crippen LogP contribution in [0.25, 0.3) is 11.3 Å². The Morgan fingerprint density at radius 1 is 0.955 bits per heavy atom. The molecule has 0 unspecified atom stereocenters. The molecule has 0 spiro atoms. The van der Waals surface area contributed by atoms with E-state index in [1.54, 1.807) is 18.1 Å². The third kappa shape index (κ3) is 7.75. The average molecular weight is 599 g/mol. The summed E-state index contributed by atoms with van der Waals surface area (Å²) in [4.78, 5) is 44.7. The van der Waals surface area contributed by atoms with Crippen LogP contribution in [-0.4, -0.2) is 79.1 Å². The maximum atomic E-state index is 14.8. The summed E-state index contributed by atoms with van der Waals surface area (Å²) in [5, 5.41) is 3.30. The summed E-state index contributed by atoms with van der Waals surface area (Å²) in [5.74, 6) is 0.946. The minimum atomic E-state index is -0.708. The number of amides is 2. The summed E-state index contributed by atoms with van der Waals surface area (Å²) >= 11 is 0. The SMILES string of the molecule is COc1ccc(N(C(=O)c2cc(-c3ccccc3)nc(N3CCN(C)CC3)n2)[C@H](CC(C)C)C(=O)NC2CCCCC2)cc1. The maximum absolute atomic E-state index is 14.8. The standard InChI is InChI=1S/C35H46N6O3/c1-25(2)23-32(33(42)36-27-13-9-6-10-14-27)41(28-15-17-29(44-4)18-16-28)34(43)31-24-30(26-11-7-5-8-12-26)37-35(38-31)40-21-19-39(3)20-22-40/h5,7-8,11-12,15-18,24-25,27,32H,6,9-10,13-14,19-23H2,1-4H3,(H,36,42)/t32-/m1/s1. The smallest absolute Gasteiger partial charge is 0.277 e. The van der Waals surface area contributed by atoms with E-state index in [1.807, 2.05) is 54.6 Å². The number of benzene rings is 2. The molecule has 1 saturated heterocycles. The van der Waals surface area contributed by atoms with Crippen LogP contribution in [-0.2, 0) is 4.79 Å². The van der Waals surface area contributed by atoms with Gasteiger partial charge in [-0.2, -0.15) is 0 Å². The van der Waals surface area contributed by atoms with Gasteiger partial charge in [0.2, 0.25) is 11.9 Å². The number of nitrogens with zero attached hydrogens (tertiary/aromatic N) is 5. The molecule has 9 heteroatoms. The lowest BCUT2D eigenvalue weighted by molar-refractivity contribution is -0.123. The lowest BCUT2D eigenvalue weighted by Crippen LogP contribution is -2.53. The number of piperazine rings is 1.